The standard InChI is InChI=1S/C9H13N3O4/c1-2-3-11-8(14)5-12(4-7(10)13)6-9(15)16/h1H,3-6H2,(H2,10,13)(H,11,14)(H,15,16). The van der Waals surface area contributed by atoms with Crippen molar-refractivity contribution in [2.75, 3.05) is 26.2 Å². The van der Waals surface area contributed by atoms with Crippen LogP contribution in [0.3, 0.4) is 0 Å². The van der Waals surface area contributed by atoms with Crippen molar-refractivity contribution in [1.82, 2.24) is 10.2 Å². The quantitative estimate of drug-likeness (QED) is 0.420. The summed E-state index contributed by atoms with van der Waals surface area (Å²) in [7, 11) is 0. The summed E-state index contributed by atoms with van der Waals surface area (Å²) in [5, 5.41) is 10.9. The van der Waals surface area contributed by atoms with Gasteiger partial charge in [-0.25, -0.2) is 0 Å². The van der Waals surface area contributed by atoms with Gasteiger partial charge in [0.1, 0.15) is 0 Å². The molecular weight excluding hydrogens is 214 g/mol. The number of terminal acetylenes is 1. The molecule has 7 heteroatoms. The molecule has 0 atom stereocenters. The first-order chi connectivity index (χ1) is 7.45. The molecule has 0 aliphatic heterocycles. The lowest BCUT2D eigenvalue weighted by atomic mass is 10.4. The van der Waals surface area contributed by atoms with Gasteiger partial charge in [0.25, 0.3) is 0 Å². The number of primary amides is 1. The van der Waals surface area contributed by atoms with Crippen molar-refractivity contribution in [1.29, 1.82) is 0 Å². The predicted octanol–water partition coefficient (Wildman–Crippen LogP) is -2.39. The Morgan fingerprint density at radius 2 is 1.94 bits per heavy atom. The maximum Gasteiger partial charge on any atom is 0.317 e. The van der Waals surface area contributed by atoms with E-state index in [9.17, 15) is 14.4 Å². The van der Waals surface area contributed by atoms with E-state index in [0.717, 1.165) is 4.90 Å². The Bertz CT molecular complexity index is 305. The fraction of sp³-hybridized carbons (Fsp3) is 0.444. The lowest BCUT2D eigenvalue weighted by Gasteiger charge is -2.17. The minimum absolute atomic E-state index is 0.0519. The molecule has 88 valence electrons. The van der Waals surface area contributed by atoms with Crippen LogP contribution in [0.4, 0.5) is 0 Å². The molecule has 4 N–H and O–H groups in total. The monoisotopic (exact) mass is 227 g/mol. The third-order valence-electron chi connectivity index (χ3n) is 1.49. The van der Waals surface area contributed by atoms with E-state index in [0.29, 0.717) is 0 Å². The van der Waals surface area contributed by atoms with Gasteiger partial charge >= 0.3 is 5.97 Å². The molecule has 16 heavy (non-hydrogen) atoms. The molecule has 0 radical (unpaired) electrons. The molecule has 0 aliphatic carbocycles. The average Bonchev–Trinajstić information content (AvgIpc) is 2.12. The molecule has 0 saturated carbocycles. The number of rotatable bonds is 7. The van der Waals surface area contributed by atoms with E-state index in [1.165, 1.54) is 0 Å². The van der Waals surface area contributed by atoms with Crippen LogP contribution in [0.1, 0.15) is 0 Å². The van der Waals surface area contributed by atoms with Gasteiger partial charge in [-0.15, -0.1) is 6.42 Å². The smallest absolute Gasteiger partial charge is 0.317 e. The predicted molar refractivity (Wildman–Crippen MR) is 55.1 cm³/mol. The zero-order chi connectivity index (χ0) is 12.6. The molecule has 7 nitrogen and oxygen atoms in total. The van der Waals surface area contributed by atoms with E-state index in [1.807, 2.05) is 0 Å². The average molecular weight is 227 g/mol. The number of carbonyl (C=O) groups excluding carboxylic acids is 2. The number of carboxylic acids is 1. The molecule has 0 bridgehead atoms. The number of nitrogens with one attached hydrogen (secondary N) is 1. The fourth-order valence-corrected chi connectivity index (χ4v) is 0.988. The van der Waals surface area contributed by atoms with Gasteiger partial charge in [0.15, 0.2) is 0 Å². The first-order valence-electron chi connectivity index (χ1n) is 4.38. The van der Waals surface area contributed by atoms with Gasteiger partial charge in [-0.2, -0.15) is 0 Å². The van der Waals surface area contributed by atoms with Crippen molar-refractivity contribution >= 4 is 17.8 Å². The van der Waals surface area contributed by atoms with Gasteiger partial charge < -0.3 is 16.2 Å². The summed E-state index contributed by atoms with van der Waals surface area (Å²) in [6, 6.07) is 0. The number of aliphatic carboxylic acids is 1. The molecule has 0 aliphatic rings. The second kappa shape index (κ2) is 7.25. The van der Waals surface area contributed by atoms with Crippen LogP contribution in [-0.2, 0) is 14.4 Å². The Morgan fingerprint density at radius 1 is 1.31 bits per heavy atom. The number of carbonyl (C=O) groups is 3. The van der Waals surface area contributed by atoms with Gasteiger partial charge in [-0.3, -0.25) is 19.3 Å². The second-order valence-corrected chi connectivity index (χ2v) is 2.99. The molecule has 0 heterocycles. The Morgan fingerprint density at radius 3 is 2.38 bits per heavy atom. The summed E-state index contributed by atoms with van der Waals surface area (Å²) in [5.74, 6) is -0.113. The summed E-state index contributed by atoms with van der Waals surface area (Å²) in [6.07, 6.45) is 4.92. The molecule has 2 amide bonds. The highest BCUT2D eigenvalue weighted by Gasteiger charge is 2.15. The molecule has 0 rings (SSSR count). The van der Waals surface area contributed by atoms with Crippen molar-refractivity contribution in [3.63, 3.8) is 0 Å². The molecular formula is C9H13N3O4. The van der Waals surface area contributed by atoms with Crippen LogP contribution in [0.25, 0.3) is 0 Å². The maximum atomic E-state index is 11.2. The zero-order valence-electron chi connectivity index (χ0n) is 8.60. The van der Waals surface area contributed by atoms with Crippen molar-refractivity contribution in [2.24, 2.45) is 5.73 Å². The minimum atomic E-state index is -1.15. The number of hydrogen-bond donors (Lipinski definition) is 3. The van der Waals surface area contributed by atoms with Gasteiger partial charge in [0, 0.05) is 0 Å². The number of nitrogens with two attached hydrogens (primary N) is 1. The van der Waals surface area contributed by atoms with Crippen LogP contribution in [-0.4, -0.2) is 54.0 Å². The maximum absolute atomic E-state index is 11.2. The highest BCUT2D eigenvalue weighted by atomic mass is 16.4. The third kappa shape index (κ3) is 7.34. The lowest BCUT2D eigenvalue weighted by Crippen LogP contribution is -2.43. The summed E-state index contributed by atoms with van der Waals surface area (Å²) in [5.41, 5.74) is 4.91. The number of carboxylic acid groups (broad SMARTS) is 1. The Labute approximate surface area is 92.6 Å². The number of hydrogen-bond acceptors (Lipinski definition) is 4. The molecule has 0 aromatic carbocycles. The highest BCUT2D eigenvalue weighted by molar-refractivity contribution is 5.81. The van der Waals surface area contributed by atoms with Crippen LogP contribution in [0.15, 0.2) is 0 Å². The van der Waals surface area contributed by atoms with Crippen LogP contribution < -0.4 is 11.1 Å². The zero-order valence-corrected chi connectivity index (χ0v) is 8.60. The molecule has 0 unspecified atom stereocenters. The Balaban J connectivity index is 4.19. The largest absolute Gasteiger partial charge is 0.480 e. The van der Waals surface area contributed by atoms with Gasteiger partial charge in [0.05, 0.1) is 26.2 Å². The van der Waals surface area contributed by atoms with Crippen molar-refractivity contribution in [2.45, 2.75) is 0 Å². The van der Waals surface area contributed by atoms with Crippen LogP contribution in [0, 0.1) is 12.3 Å². The molecule has 0 saturated heterocycles. The van der Waals surface area contributed by atoms with Gasteiger partial charge in [0.2, 0.25) is 11.8 Å². The third-order valence-corrected chi connectivity index (χ3v) is 1.49. The second-order valence-electron chi connectivity index (χ2n) is 2.99. The first kappa shape index (κ1) is 13.9. The van der Waals surface area contributed by atoms with Crippen LogP contribution in [0.5, 0.6) is 0 Å². The molecule has 0 aromatic heterocycles. The summed E-state index contributed by atoms with van der Waals surface area (Å²) in [6.45, 7) is -0.921. The van der Waals surface area contributed by atoms with Crippen LogP contribution >= 0.6 is 0 Å². The van der Waals surface area contributed by atoms with E-state index >= 15 is 0 Å². The lowest BCUT2D eigenvalue weighted by molar-refractivity contribution is -0.139. The van der Waals surface area contributed by atoms with Crippen molar-refractivity contribution < 1.29 is 19.5 Å². The molecule has 0 spiro atoms. The van der Waals surface area contributed by atoms with E-state index < -0.39 is 24.3 Å². The number of amides is 2. The van der Waals surface area contributed by atoms with Crippen LogP contribution in [0.2, 0.25) is 0 Å². The van der Waals surface area contributed by atoms with Crippen molar-refractivity contribution in [3.05, 3.63) is 0 Å². The Hall–Kier alpha value is -2.07. The van der Waals surface area contributed by atoms with Crippen molar-refractivity contribution in [3.8, 4) is 12.3 Å². The summed E-state index contributed by atoms with van der Waals surface area (Å²) >= 11 is 0. The summed E-state index contributed by atoms with van der Waals surface area (Å²) in [4.78, 5) is 33.3. The van der Waals surface area contributed by atoms with Gasteiger partial charge in [-0.05, 0) is 0 Å². The summed E-state index contributed by atoms with van der Waals surface area (Å²) < 4.78 is 0. The fourth-order valence-electron chi connectivity index (χ4n) is 0.988. The highest BCUT2D eigenvalue weighted by Crippen LogP contribution is 1.87. The van der Waals surface area contributed by atoms with E-state index in [1.54, 1.807) is 0 Å². The minimum Gasteiger partial charge on any atom is -0.480 e. The Kier molecular flexibility index (Phi) is 6.31. The molecule has 0 fully saturated rings. The SMILES string of the molecule is C#CCNC(=O)CN(CC(N)=O)CC(=O)O. The molecule has 0 aromatic rings. The topological polar surface area (TPSA) is 113 Å². The van der Waals surface area contributed by atoms with E-state index in [-0.39, 0.29) is 19.6 Å². The number of nitrogens with zero attached hydrogens (tertiary/aromatic N) is 1. The normalized spacial score (nSPS) is 9.50. The van der Waals surface area contributed by atoms with E-state index in [2.05, 4.69) is 11.2 Å². The first-order valence-corrected chi connectivity index (χ1v) is 4.38. The van der Waals surface area contributed by atoms with Gasteiger partial charge in [-0.1, -0.05) is 5.92 Å². The van der Waals surface area contributed by atoms with E-state index in [4.69, 9.17) is 17.3 Å².